The van der Waals surface area contributed by atoms with Crippen molar-refractivity contribution < 1.29 is 13.5 Å². The number of benzene rings is 2. The minimum atomic E-state index is -0.420. The van der Waals surface area contributed by atoms with E-state index in [-0.39, 0.29) is 5.82 Å². The zero-order valence-corrected chi connectivity index (χ0v) is 16.1. The number of aromatic nitrogens is 1. The number of hydrogen-bond acceptors (Lipinski definition) is 4. The Labute approximate surface area is 163 Å². The third-order valence-corrected chi connectivity index (χ3v) is 5.43. The summed E-state index contributed by atoms with van der Waals surface area (Å²) in [6.07, 6.45) is 1.65. The van der Waals surface area contributed by atoms with Gasteiger partial charge in [-0.25, -0.2) is 13.8 Å². The lowest BCUT2D eigenvalue weighted by atomic mass is 9.99. The summed E-state index contributed by atoms with van der Waals surface area (Å²) in [5.74, 6) is 0.307. The number of halogens is 2. The van der Waals surface area contributed by atoms with Crippen molar-refractivity contribution in [1.29, 1.82) is 0 Å². The number of pyridine rings is 1. The Balaban J connectivity index is 1.83. The monoisotopic (exact) mass is 383 g/mol. The lowest BCUT2D eigenvalue weighted by Crippen LogP contribution is -2.46. The van der Waals surface area contributed by atoms with Crippen molar-refractivity contribution in [1.82, 2.24) is 9.88 Å². The fraction of sp³-hybridized carbons (Fsp3) is 0.318. The van der Waals surface area contributed by atoms with Crippen LogP contribution in [0.2, 0.25) is 0 Å². The smallest absolute Gasteiger partial charge is 0.139 e. The molecule has 1 aromatic heterocycles. The molecule has 0 unspecified atom stereocenters. The molecule has 0 bridgehead atoms. The van der Waals surface area contributed by atoms with Gasteiger partial charge in [0.05, 0.1) is 12.5 Å². The fourth-order valence-electron chi connectivity index (χ4n) is 3.81. The summed E-state index contributed by atoms with van der Waals surface area (Å²) in [7, 11) is 1.49. The standard InChI is InChI=1S/C22H23F2N3O/c1-3-26-9-11-27(12-10-26)22-21-17(5-4-6-19(21)23)18(14-25-22)16-8-7-15(28-2)13-20(16)24/h4-8,13-14H,3,9-12H2,1-2H3. The summed E-state index contributed by atoms with van der Waals surface area (Å²) in [6, 6.07) is 9.59. The van der Waals surface area contributed by atoms with Crippen LogP contribution in [0.1, 0.15) is 6.92 Å². The van der Waals surface area contributed by atoms with Crippen molar-refractivity contribution >= 4 is 16.6 Å². The maximum atomic E-state index is 14.9. The highest BCUT2D eigenvalue weighted by atomic mass is 19.1. The predicted octanol–water partition coefficient (Wildman–Crippen LogP) is 4.33. The molecule has 6 heteroatoms. The number of rotatable bonds is 4. The Morgan fingerprint density at radius 1 is 1.00 bits per heavy atom. The summed E-state index contributed by atoms with van der Waals surface area (Å²) < 4.78 is 34.6. The molecule has 3 aromatic rings. The molecule has 0 atom stereocenters. The maximum absolute atomic E-state index is 14.9. The van der Waals surface area contributed by atoms with Gasteiger partial charge in [0.15, 0.2) is 0 Å². The van der Waals surface area contributed by atoms with Crippen molar-refractivity contribution in [2.45, 2.75) is 6.92 Å². The van der Waals surface area contributed by atoms with Crippen LogP contribution in [0.5, 0.6) is 5.75 Å². The molecule has 1 aliphatic heterocycles. The molecule has 0 amide bonds. The molecule has 28 heavy (non-hydrogen) atoms. The van der Waals surface area contributed by atoms with Gasteiger partial charge in [0.1, 0.15) is 23.2 Å². The second-order valence-electron chi connectivity index (χ2n) is 6.92. The Kier molecular flexibility index (Phi) is 5.13. The summed E-state index contributed by atoms with van der Waals surface area (Å²) >= 11 is 0. The van der Waals surface area contributed by atoms with Gasteiger partial charge in [0, 0.05) is 49.6 Å². The van der Waals surface area contributed by atoms with Gasteiger partial charge >= 0.3 is 0 Å². The number of ether oxygens (including phenoxy) is 1. The van der Waals surface area contributed by atoms with Gasteiger partial charge in [-0.15, -0.1) is 0 Å². The Morgan fingerprint density at radius 3 is 2.46 bits per heavy atom. The van der Waals surface area contributed by atoms with Gasteiger partial charge in [0.2, 0.25) is 0 Å². The lowest BCUT2D eigenvalue weighted by molar-refractivity contribution is 0.270. The van der Waals surface area contributed by atoms with E-state index in [1.54, 1.807) is 24.4 Å². The van der Waals surface area contributed by atoms with Gasteiger partial charge in [0.25, 0.3) is 0 Å². The number of piperazine rings is 1. The number of methoxy groups -OCH3 is 1. The first-order valence-electron chi connectivity index (χ1n) is 9.50. The molecule has 1 saturated heterocycles. The Bertz CT molecular complexity index is 1000. The van der Waals surface area contributed by atoms with Crippen LogP contribution in [0.4, 0.5) is 14.6 Å². The van der Waals surface area contributed by atoms with Gasteiger partial charge in [-0.1, -0.05) is 19.1 Å². The Morgan fingerprint density at radius 2 is 1.79 bits per heavy atom. The van der Waals surface area contributed by atoms with E-state index in [1.165, 1.54) is 19.2 Å². The van der Waals surface area contributed by atoms with Crippen LogP contribution in [-0.4, -0.2) is 49.7 Å². The molecule has 1 fully saturated rings. The SMILES string of the molecule is CCN1CCN(c2ncc(-c3ccc(OC)cc3F)c3cccc(F)c23)CC1. The molecule has 0 N–H and O–H groups in total. The number of hydrogen-bond donors (Lipinski definition) is 0. The highest BCUT2D eigenvalue weighted by Crippen LogP contribution is 2.36. The van der Waals surface area contributed by atoms with E-state index in [1.807, 2.05) is 6.07 Å². The summed E-state index contributed by atoms with van der Waals surface area (Å²) in [4.78, 5) is 9.05. The van der Waals surface area contributed by atoms with Gasteiger partial charge in [-0.3, -0.25) is 0 Å². The van der Waals surface area contributed by atoms with Crippen LogP contribution in [-0.2, 0) is 0 Å². The summed E-state index contributed by atoms with van der Waals surface area (Å²) in [5.41, 5.74) is 0.955. The molecule has 0 aliphatic carbocycles. The van der Waals surface area contributed by atoms with Gasteiger partial charge in [-0.05, 0) is 30.1 Å². The minimum Gasteiger partial charge on any atom is -0.497 e. The number of fused-ring (bicyclic) bond motifs is 1. The van der Waals surface area contributed by atoms with Crippen LogP contribution in [0.3, 0.4) is 0 Å². The zero-order valence-electron chi connectivity index (χ0n) is 16.1. The second-order valence-corrected chi connectivity index (χ2v) is 6.92. The molecule has 0 saturated carbocycles. The van der Waals surface area contributed by atoms with Crippen molar-refractivity contribution in [3.63, 3.8) is 0 Å². The van der Waals surface area contributed by atoms with Crippen molar-refractivity contribution in [2.75, 3.05) is 44.7 Å². The fourth-order valence-corrected chi connectivity index (χ4v) is 3.81. The first kappa shape index (κ1) is 18.6. The first-order chi connectivity index (χ1) is 13.6. The van der Waals surface area contributed by atoms with E-state index in [2.05, 4.69) is 21.7 Å². The minimum absolute atomic E-state index is 0.339. The number of nitrogens with zero attached hydrogens (tertiary/aromatic N) is 3. The molecule has 1 aliphatic rings. The average Bonchev–Trinajstić information content (AvgIpc) is 2.73. The van der Waals surface area contributed by atoms with Crippen LogP contribution in [0.25, 0.3) is 21.9 Å². The zero-order chi connectivity index (χ0) is 19.7. The summed E-state index contributed by atoms with van der Waals surface area (Å²) in [5, 5.41) is 1.10. The number of likely N-dealkylation sites (N-methyl/N-ethyl adjacent to an activating group) is 1. The second kappa shape index (κ2) is 7.72. The molecular formula is C22H23F2N3O. The normalized spacial score (nSPS) is 15.2. The molecule has 4 nitrogen and oxygen atoms in total. The van der Waals surface area contributed by atoms with Crippen molar-refractivity contribution in [3.05, 3.63) is 54.2 Å². The molecule has 2 aromatic carbocycles. The Hall–Kier alpha value is -2.73. The van der Waals surface area contributed by atoms with Crippen LogP contribution in [0.15, 0.2) is 42.6 Å². The molecule has 0 spiro atoms. The van der Waals surface area contributed by atoms with E-state index >= 15 is 0 Å². The van der Waals surface area contributed by atoms with E-state index in [0.29, 0.717) is 33.5 Å². The molecule has 0 radical (unpaired) electrons. The molecule has 2 heterocycles. The highest BCUT2D eigenvalue weighted by Gasteiger charge is 2.22. The summed E-state index contributed by atoms with van der Waals surface area (Å²) in [6.45, 7) is 6.57. The van der Waals surface area contributed by atoms with E-state index in [9.17, 15) is 8.78 Å². The molecule has 4 rings (SSSR count). The van der Waals surface area contributed by atoms with Crippen molar-refractivity contribution in [3.8, 4) is 16.9 Å². The first-order valence-corrected chi connectivity index (χ1v) is 9.50. The third kappa shape index (κ3) is 3.29. The van der Waals surface area contributed by atoms with Gasteiger partial charge in [-0.2, -0.15) is 0 Å². The van der Waals surface area contributed by atoms with Crippen LogP contribution in [0, 0.1) is 11.6 Å². The predicted molar refractivity (Wildman–Crippen MR) is 108 cm³/mol. The average molecular weight is 383 g/mol. The third-order valence-electron chi connectivity index (χ3n) is 5.43. The van der Waals surface area contributed by atoms with Gasteiger partial charge < -0.3 is 14.5 Å². The van der Waals surface area contributed by atoms with E-state index in [0.717, 1.165) is 32.7 Å². The topological polar surface area (TPSA) is 28.6 Å². The van der Waals surface area contributed by atoms with E-state index < -0.39 is 5.82 Å². The molecule has 146 valence electrons. The maximum Gasteiger partial charge on any atom is 0.139 e. The quantitative estimate of drug-likeness (QED) is 0.671. The lowest BCUT2D eigenvalue weighted by Gasteiger charge is -2.35. The largest absolute Gasteiger partial charge is 0.497 e. The number of anilines is 1. The van der Waals surface area contributed by atoms with Crippen LogP contribution >= 0.6 is 0 Å². The molecular weight excluding hydrogens is 360 g/mol. The van der Waals surface area contributed by atoms with Crippen LogP contribution < -0.4 is 9.64 Å². The van der Waals surface area contributed by atoms with Crippen molar-refractivity contribution in [2.24, 2.45) is 0 Å². The highest BCUT2D eigenvalue weighted by molar-refractivity contribution is 6.02. The van der Waals surface area contributed by atoms with E-state index in [4.69, 9.17) is 4.74 Å².